The van der Waals surface area contributed by atoms with Gasteiger partial charge in [0, 0.05) is 22.4 Å². The number of aromatic nitrogens is 1. The summed E-state index contributed by atoms with van der Waals surface area (Å²) in [6, 6.07) is 7.66. The topological polar surface area (TPSA) is 81.4 Å². The number of carbonyl (C=O) groups is 1. The summed E-state index contributed by atoms with van der Waals surface area (Å²) in [7, 11) is 0.280. The number of nitrogens with zero attached hydrogens (tertiary/aromatic N) is 1. The number of amides is 1. The van der Waals surface area contributed by atoms with E-state index in [0.29, 0.717) is 23.1 Å². The van der Waals surface area contributed by atoms with Gasteiger partial charge in [0.1, 0.15) is 17.3 Å². The molecule has 0 spiro atoms. The van der Waals surface area contributed by atoms with Gasteiger partial charge in [0.05, 0.1) is 18.6 Å². The Morgan fingerprint density at radius 1 is 1.33 bits per heavy atom. The minimum absolute atomic E-state index is 0.00269. The zero-order valence-electron chi connectivity index (χ0n) is 15.8. The molecule has 3 rings (SSSR count). The molecule has 1 saturated carbocycles. The van der Waals surface area contributed by atoms with E-state index in [1.165, 1.54) is 6.42 Å². The number of methoxy groups -OCH3 is 1. The highest BCUT2D eigenvalue weighted by Gasteiger charge is 2.19. The first-order valence-corrected chi connectivity index (χ1v) is 10.8. The lowest BCUT2D eigenvalue weighted by molar-refractivity contribution is -0.119. The predicted molar refractivity (Wildman–Crippen MR) is 105 cm³/mol. The van der Waals surface area contributed by atoms with Crippen LogP contribution in [-0.2, 0) is 21.3 Å². The van der Waals surface area contributed by atoms with Crippen molar-refractivity contribution in [1.29, 1.82) is 0 Å². The van der Waals surface area contributed by atoms with Crippen molar-refractivity contribution in [2.75, 3.05) is 12.9 Å². The quantitative estimate of drug-likeness (QED) is 0.784. The first kappa shape index (κ1) is 19.6. The van der Waals surface area contributed by atoms with E-state index in [1.807, 2.05) is 24.3 Å². The maximum absolute atomic E-state index is 12.4. The fourth-order valence-corrected chi connectivity index (χ4v) is 4.36. The van der Waals surface area contributed by atoms with Gasteiger partial charge in [-0.15, -0.1) is 0 Å². The summed E-state index contributed by atoms with van der Waals surface area (Å²) in [5, 5.41) is 3.00. The SMILES string of the molecule is COc1cccc(-c2nc(C[S@](=O)CC(=O)NC3CCCCC3)c(C)o2)c1. The number of oxazole rings is 1. The number of benzene rings is 1. The fraction of sp³-hybridized carbons (Fsp3) is 0.500. The van der Waals surface area contributed by atoms with E-state index < -0.39 is 10.8 Å². The molecule has 0 bridgehead atoms. The Labute approximate surface area is 162 Å². The molecule has 1 aliphatic carbocycles. The van der Waals surface area contributed by atoms with Gasteiger partial charge in [-0.3, -0.25) is 9.00 Å². The van der Waals surface area contributed by atoms with Gasteiger partial charge in [-0.1, -0.05) is 25.3 Å². The maximum atomic E-state index is 12.4. The summed E-state index contributed by atoms with van der Waals surface area (Å²) in [6.45, 7) is 1.80. The number of aryl methyl sites for hydroxylation is 1. The number of hydrogen-bond acceptors (Lipinski definition) is 5. The lowest BCUT2D eigenvalue weighted by Gasteiger charge is -2.22. The van der Waals surface area contributed by atoms with Crippen LogP contribution in [0.1, 0.15) is 43.6 Å². The predicted octanol–water partition coefficient (Wildman–Crippen LogP) is 3.36. The van der Waals surface area contributed by atoms with Crippen molar-refractivity contribution in [1.82, 2.24) is 10.3 Å². The summed E-state index contributed by atoms with van der Waals surface area (Å²) in [5.41, 5.74) is 1.42. The average molecular weight is 391 g/mol. The van der Waals surface area contributed by atoms with Crippen LogP contribution < -0.4 is 10.1 Å². The average Bonchev–Trinajstić information content (AvgIpc) is 3.03. The van der Waals surface area contributed by atoms with E-state index in [0.717, 1.165) is 31.2 Å². The molecule has 1 aliphatic rings. The zero-order chi connectivity index (χ0) is 19.2. The number of nitrogens with one attached hydrogen (secondary N) is 1. The van der Waals surface area contributed by atoms with Crippen LogP contribution in [-0.4, -0.2) is 34.0 Å². The summed E-state index contributed by atoms with van der Waals surface area (Å²) in [5.74, 6) is 1.86. The Hall–Kier alpha value is -2.15. The number of rotatable bonds is 7. The van der Waals surface area contributed by atoms with E-state index in [9.17, 15) is 9.00 Å². The normalized spacial score (nSPS) is 16.1. The minimum Gasteiger partial charge on any atom is -0.497 e. The lowest BCUT2D eigenvalue weighted by Crippen LogP contribution is -2.38. The van der Waals surface area contributed by atoms with Crippen LogP contribution in [0.15, 0.2) is 28.7 Å². The van der Waals surface area contributed by atoms with Crippen molar-refractivity contribution < 1.29 is 18.2 Å². The molecule has 0 aliphatic heterocycles. The molecule has 1 aromatic heterocycles. The first-order valence-electron chi connectivity index (χ1n) is 9.30. The smallest absolute Gasteiger partial charge is 0.232 e. The van der Waals surface area contributed by atoms with Gasteiger partial charge in [-0.25, -0.2) is 4.98 Å². The Morgan fingerprint density at radius 2 is 2.11 bits per heavy atom. The van der Waals surface area contributed by atoms with E-state index in [4.69, 9.17) is 9.15 Å². The van der Waals surface area contributed by atoms with Crippen LogP contribution in [0, 0.1) is 6.92 Å². The maximum Gasteiger partial charge on any atom is 0.232 e. The second-order valence-corrected chi connectivity index (χ2v) is 8.34. The van der Waals surface area contributed by atoms with Crippen molar-refractivity contribution in [3.63, 3.8) is 0 Å². The second kappa shape index (κ2) is 9.17. The van der Waals surface area contributed by atoms with Gasteiger partial charge in [-0.05, 0) is 38.0 Å². The molecule has 1 amide bonds. The van der Waals surface area contributed by atoms with E-state index >= 15 is 0 Å². The van der Waals surface area contributed by atoms with Gasteiger partial charge in [0.15, 0.2) is 0 Å². The number of carbonyl (C=O) groups excluding carboxylic acids is 1. The summed E-state index contributed by atoms with van der Waals surface area (Å²) in [4.78, 5) is 16.6. The van der Waals surface area contributed by atoms with E-state index in [2.05, 4.69) is 10.3 Å². The Balaban J connectivity index is 1.59. The first-order chi connectivity index (χ1) is 13.0. The number of ether oxygens (including phenoxy) is 1. The summed E-state index contributed by atoms with van der Waals surface area (Å²) in [6.07, 6.45) is 5.58. The van der Waals surface area contributed by atoms with Crippen molar-refractivity contribution in [3.8, 4) is 17.2 Å². The van der Waals surface area contributed by atoms with Gasteiger partial charge >= 0.3 is 0 Å². The van der Waals surface area contributed by atoms with Crippen LogP contribution in [0.5, 0.6) is 5.75 Å². The Morgan fingerprint density at radius 3 is 2.85 bits per heavy atom. The summed E-state index contributed by atoms with van der Waals surface area (Å²) < 4.78 is 23.4. The van der Waals surface area contributed by atoms with Crippen LogP contribution >= 0.6 is 0 Å². The highest BCUT2D eigenvalue weighted by atomic mass is 32.2. The van der Waals surface area contributed by atoms with Crippen LogP contribution in [0.25, 0.3) is 11.5 Å². The van der Waals surface area contributed by atoms with Crippen molar-refractivity contribution in [2.24, 2.45) is 0 Å². The molecule has 1 heterocycles. The van der Waals surface area contributed by atoms with Crippen LogP contribution in [0.2, 0.25) is 0 Å². The van der Waals surface area contributed by atoms with E-state index in [-0.39, 0.29) is 23.5 Å². The highest BCUT2D eigenvalue weighted by Crippen LogP contribution is 2.25. The van der Waals surface area contributed by atoms with Crippen LogP contribution in [0.3, 0.4) is 0 Å². The number of hydrogen-bond donors (Lipinski definition) is 1. The molecule has 27 heavy (non-hydrogen) atoms. The molecular weight excluding hydrogens is 364 g/mol. The third-order valence-corrected chi connectivity index (χ3v) is 5.95. The molecule has 0 saturated heterocycles. The molecule has 1 atom stereocenters. The Bertz CT molecular complexity index is 812. The van der Waals surface area contributed by atoms with Gasteiger partial charge in [0.2, 0.25) is 11.8 Å². The van der Waals surface area contributed by atoms with E-state index in [1.54, 1.807) is 14.0 Å². The van der Waals surface area contributed by atoms with Crippen molar-refractivity contribution >= 4 is 16.7 Å². The molecular formula is C20H26N2O4S. The van der Waals surface area contributed by atoms with Gasteiger partial charge in [-0.2, -0.15) is 0 Å². The largest absolute Gasteiger partial charge is 0.497 e. The fourth-order valence-electron chi connectivity index (χ4n) is 3.31. The molecule has 6 nitrogen and oxygen atoms in total. The molecule has 146 valence electrons. The minimum atomic E-state index is -1.32. The third kappa shape index (κ3) is 5.42. The molecule has 7 heteroatoms. The van der Waals surface area contributed by atoms with Crippen molar-refractivity contribution in [2.45, 2.75) is 50.8 Å². The second-order valence-electron chi connectivity index (χ2n) is 6.88. The third-order valence-electron chi connectivity index (χ3n) is 4.77. The molecule has 2 aromatic rings. The Kier molecular flexibility index (Phi) is 6.66. The molecule has 1 N–H and O–H groups in total. The van der Waals surface area contributed by atoms with Gasteiger partial charge in [0.25, 0.3) is 0 Å². The highest BCUT2D eigenvalue weighted by molar-refractivity contribution is 7.84. The standard InChI is InChI=1S/C20H26N2O4S/c1-14-18(22-20(26-14)15-7-6-10-17(11-15)25-2)12-27(24)13-19(23)21-16-8-4-3-5-9-16/h6-7,10-11,16H,3-5,8-9,12-13H2,1-2H3,(H,21,23)/t27-/m0/s1. The molecule has 1 aromatic carbocycles. The zero-order valence-corrected chi connectivity index (χ0v) is 16.6. The molecule has 0 unspecified atom stereocenters. The van der Waals surface area contributed by atoms with Crippen LogP contribution in [0.4, 0.5) is 0 Å². The van der Waals surface area contributed by atoms with Gasteiger partial charge < -0.3 is 14.5 Å². The monoisotopic (exact) mass is 390 g/mol. The molecule has 0 radical (unpaired) electrons. The molecule has 1 fully saturated rings. The summed E-state index contributed by atoms with van der Waals surface area (Å²) >= 11 is 0. The van der Waals surface area contributed by atoms with Crippen molar-refractivity contribution in [3.05, 3.63) is 35.7 Å². The lowest BCUT2D eigenvalue weighted by atomic mass is 9.95.